The van der Waals surface area contributed by atoms with Crippen molar-refractivity contribution in [3.63, 3.8) is 0 Å². The number of rotatable bonds is 9. The molecule has 1 rings (SSSR count). The second-order valence-electron chi connectivity index (χ2n) is 5.93. The van der Waals surface area contributed by atoms with E-state index in [4.69, 9.17) is 0 Å². The van der Waals surface area contributed by atoms with Crippen molar-refractivity contribution < 1.29 is 0 Å². The summed E-state index contributed by atoms with van der Waals surface area (Å²) in [6.07, 6.45) is 2.42. The van der Waals surface area contributed by atoms with Crippen molar-refractivity contribution in [1.82, 2.24) is 15.2 Å². The fourth-order valence-electron chi connectivity index (χ4n) is 2.76. The van der Waals surface area contributed by atoms with Gasteiger partial charge in [-0.05, 0) is 50.9 Å². The number of nitrogens with one attached hydrogen (secondary N) is 1. The van der Waals surface area contributed by atoms with E-state index in [1.54, 1.807) is 0 Å². The van der Waals surface area contributed by atoms with Crippen LogP contribution in [0.4, 0.5) is 0 Å². The quantitative estimate of drug-likeness (QED) is 0.751. The van der Waals surface area contributed by atoms with Crippen LogP contribution in [0.15, 0.2) is 18.2 Å². The molecule has 1 aromatic rings. The minimum atomic E-state index is 0.370. The van der Waals surface area contributed by atoms with Gasteiger partial charge in [0.15, 0.2) is 0 Å². The molecule has 1 aromatic heterocycles. The van der Waals surface area contributed by atoms with Crippen LogP contribution in [0, 0.1) is 12.3 Å². The minimum Gasteiger partial charge on any atom is -0.316 e. The van der Waals surface area contributed by atoms with Gasteiger partial charge in [0.25, 0.3) is 0 Å². The molecule has 20 heavy (non-hydrogen) atoms. The lowest BCUT2D eigenvalue weighted by Gasteiger charge is -2.36. The molecular formula is C17H31N3. The van der Waals surface area contributed by atoms with Gasteiger partial charge in [-0.2, -0.15) is 0 Å². The molecule has 0 fully saturated rings. The topological polar surface area (TPSA) is 28.2 Å². The van der Waals surface area contributed by atoms with E-state index in [-0.39, 0.29) is 0 Å². The number of hydrogen-bond acceptors (Lipinski definition) is 3. The van der Waals surface area contributed by atoms with E-state index in [1.165, 1.54) is 12.8 Å². The summed E-state index contributed by atoms with van der Waals surface area (Å²) in [5.41, 5.74) is 2.63. The van der Waals surface area contributed by atoms with Crippen molar-refractivity contribution in [3.05, 3.63) is 29.6 Å². The smallest absolute Gasteiger partial charge is 0.0547 e. The van der Waals surface area contributed by atoms with Gasteiger partial charge in [0.1, 0.15) is 0 Å². The fourth-order valence-corrected chi connectivity index (χ4v) is 2.76. The minimum absolute atomic E-state index is 0.370. The third kappa shape index (κ3) is 5.22. The Labute approximate surface area is 124 Å². The average molecular weight is 277 g/mol. The molecule has 0 bridgehead atoms. The zero-order valence-electron chi connectivity index (χ0n) is 13.9. The highest BCUT2D eigenvalue weighted by molar-refractivity contribution is 5.09. The molecule has 0 aliphatic carbocycles. The Kier molecular flexibility index (Phi) is 7.17. The molecule has 0 amide bonds. The second kappa shape index (κ2) is 8.38. The molecule has 114 valence electrons. The van der Waals surface area contributed by atoms with E-state index in [0.29, 0.717) is 5.41 Å². The summed E-state index contributed by atoms with van der Waals surface area (Å²) in [6.45, 7) is 13.0. The normalized spacial score (nSPS) is 12.1. The maximum absolute atomic E-state index is 4.60. The first-order valence-corrected chi connectivity index (χ1v) is 7.87. The number of pyridine rings is 1. The lowest BCUT2D eigenvalue weighted by Crippen LogP contribution is -2.42. The summed E-state index contributed by atoms with van der Waals surface area (Å²) in [7, 11) is 2.20. The first-order chi connectivity index (χ1) is 9.55. The number of aromatic nitrogens is 1. The van der Waals surface area contributed by atoms with E-state index in [2.05, 4.69) is 68.1 Å². The van der Waals surface area contributed by atoms with Crippen molar-refractivity contribution in [2.45, 2.75) is 47.1 Å². The Morgan fingerprint density at radius 1 is 1.20 bits per heavy atom. The van der Waals surface area contributed by atoms with E-state index in [9.17, 15) is 0 Å². The molecule has 0 aliphatic rings. The van der Waals surface area contributed by atoms with E-state index >= 15 is 0 Å². The van der Waals surface area contributed by atoms with Gasteiger partial charge >= 0.3 is 0 Å². The largest absolute Gasteiger partial charge is 0.316 e. The molecule has 3 nitrogen and oxygen atoms in total. The molecule has 0 aromatic carbocycles. The van der Waals surface area contributed by atoms with E-state index in [1.807, 2.05) is 0 Å². The predicted octanol–water partition coefficient (Wildman–Crippen LogP) is 3.24. The van der Waals surface area contributed by atoms with E-state index < -0.39 is 0 Å². The van der Waals surface area contributed by atoms with Gasteiger partial charge in [-0.15, -0.1) is 0 Å². The summed E-state index contributed by atoms with van der Waals surface area (Å²) in [6, 6.07) is 6.27. The molecule has 0 radical (unpaired) electrons. The van der Waals surface area contributed by atoms with Crippen LogP contribution in [0.3, 0.4) is 0 Å². The molecule has 0 atom stereocenters. The van der Waals surface area contributed by atoms with Crippen LogP contribution < -0.4 is 5.32 Å². The highest BCUT2D eigenvalue weighted by atomic mass is 15.1. The zero-order valence-corrected chi connectivity index (χ0v) is 13.9. The van der Waals surface area contributed by atoms with Gasteiger partial charge in [-0.3, -0.25) is 9.88 Å². The number of aryl methyl sites for hydroxylation is 1. The summed E-state index contributed by atoms with van der Waals surface area (Å²) >= 11 is 0. The third-order valence-electron chi connectivity index (χ3n) is 4.23. The van der Waals surface area contributed by atoms with Crippen molar-refractivity contribution in [3.8, 4) is 0 Å². The summed E-state index contributed by atoms with van der Waals surface area (Å²) in [5.74, 6) is 0. The van der Waals surface area contributed by atoms with Gasteiger partial charge < -0.3 is 5.32 Å². The van der Waals surface area contributed by atoms with Crippen LogP contribution in [0.5, 0.6) is 0 Å². The molecule has 0 saturated heterocycles. The summed E-state index contributed by atoms with van der Waals surface area (Å²) in [4.78, 5) is 7.01. The van der Waals surface area contributed by atoms with Gasteiger partial charge in [0.05, 0.1) is 5.69 Å². The van der Waals surface area contributed by atoms with Gasteiger partial charge in [0, 0.05) is 25.3 Å². The highest BCUT2D eigenvalue weighted by Gasteiger charge is 2.27. The zero-order chi connectivity index (χ0) is 15.0. The Morgan fingerprint density at radius 2 is 1.90 bits per heavy atom. The summed E-state index contributed by atoms with van der Waals surface area (Å²) in [5, 5.41) is 3.53. The first kappa shape index (κ1) is 17.1. The Morgan fingerprint density at radius 3 is 2.45 bits per heavy atom. The molecular weight excluding hydrogens is 246 g/mol. The van der Waals surface area contributed by atoms with Gasteiger partial charge in [-0.25, -0.2) is 0 Å². The maximum Gasteiger partial charge on any atom is 0.0547 e. The van der Waals surface area contributed by atoms with Crippen LogP contribution in [0.25, 0.3) is 0 Å². The number of nitrogens with zero attached hydrogens (tertiary/aromatic N) is 2. The molecule has 0 saturated carbocycles. The van der Waals surface area contributed by atoms with Crippen LogP contribution in [-0.2, 0) is 6.54 Å². The Bertz CT molecular complexity index is 386. The Balaban J connectivity index is 2.63. The lowest BCUT2D eigenvalue weighted by atomic mass is 9.81. The maximum atomic E-state index is 4.60. The third-order valence-corrected chi connectivity index (χ3v) is 4.23. The molecule has 0 unspecified atom stereocenters. The molecule has 0 aliphatic heterocycles. The van der Waals surface area contributed by atoms with Crippen molar-refractivity contribution >= 4 is 0 Å². The number of hydrogen-bond donors (Lipinski definition) is 1. The fraction of sp³-hybridized carbons (Fsp3) is 0.706. The molecule has 3 heteroatoms. The standard InChI is InChI=1S/C17H31N3/c1-6-17(7-2,13-18-8-3)14-20(5)12-16-11-9-10-15(4)19-16/h9-11,18H,6-8,12-14H2,1-5H3. The van der Waals surface area contributed by atoms with Crippen LogP contribution in [0.1, 0.15) is 45.0 Å². The van der Waals surface area contributed by atoms with Crippen LogP contribution in [0.2, 0.25) is 0 Å². The summed E-state index contributed by atoms with van der Waals surface area (Å²) < 4.78 is 0. The van der Waals surface area contributed by atoms with Crippen molar-refractivity contribution in [2.24, 2.45) is 5.41 Å². The van der Waals surface area contributed by atoms with Crippen LogP contribution >= 0.6 is 0 Å². The Hall–Kier alpha value is -0.930. The molecule has 0 spiro atoms. The molecule has 1 heterocycles. The van der Waals surface area contributed by atoms with Crippen molar-refractivity contribution in [1.29, 1.82) is 0 Å². The predicted molar refractivity (Wildman–Crippen MR) is 86.9 cm³/mol. The first-order valence-electron chi connectivity index (χ1n) is 7.87. The van der Waals surface area contributed by atoms with E-state index in [0.717, 1.165) is 37.6 Å². The second-order valence-corrected chi connectivity index (χ2v) is 5.93. The van der Waals surface area contributed by atoms with Gasteiger partial charge in [0.2, 0.25) is 0 Å². The monoisotopic (exact) mass is 277 g/mol. The lowest BCUT2D eigenvalue weighted by molar-refractivity contribution is 0.150. The van der Waals surface area contributed by atoms with Gasteiger partial charge in [-0.1, -0.05) is 26.8 Å². The van der Waals surface area contributed by atoms with Crippen molar-refractivity contribution in [2.75, 3.05) is 26.7 Å². The van der Waals surface area contributed by atoms with Crippen LogP contribution in [-0.4, -0.2) is 36.6 Å². The average Bonchev–Trinajstić information content (AvgIpc) is 2.43. The highest BCUT2D eigenvalue weighted by Crippen LogP contribution is 2.27. The SMILES string of the molecule is CCNCC(CC)(CC)CN(C)Cc1cccc(C)n1. The molecule has 1 N–H and O–H groups in total.